The molecule has 2 aromatic rings. The second-order valence-corrected chi connectivity index (χ2v) is 9.49. The van der Waals surface area contributed by atoms with Gasteiger partial charge in [-0.15, -0.1) is 6.42 Å². The third-order valence-electron chi connectivity index (χ3n) is 5.36. The summed E-state index contributed by atoms with van der Waals surface area (Å²) >= 11 is 0. The summed E-state index contributed by atoms with van der Waals surface area (Å²) in [5.74, 6) is 2.30. The predicted octanol–water partition coefficient (Wildman–Crippen LogP) is 1.81. The van der Waals surface area contributed by atoms with Crippen molar-refractivity contribution < 1.29 is 14.4 Å². The van der Waals surface area contributed by atoms with Gasteiger partial charge in [0.2, 0.25) is 11.9 Å². The van der Waals surface area contributed by atoms with E-state index in [9.17, 15) is 14.4 Å². The van der Waals surface area contributed by atoms with Gasteiger partial charge in [-0.25, -0.2) is 4.98 Å². The Kier molecular flexibility index (Phi) is 7.91. The van der Waals surface area contributed by atoms with Crippen LogP contribution in [-0.2, 0) is 4.79 Å². The number of amides is 3. The Morgan fingerprint density at radius 3 is 2.57 bits per heavy atom. The van der Waals surface area contributed by atoms with E-state index in [-0.39, 0.29) is 41.1 Å². The third kappa shape index (κ3) is 7.17. The normalized spacial score (nSPS) is 15.3. The third-order valence-corrected chi connectivity index (χ3v) is 5.36. The molecule has 1 atom stereocenters. The van der Waals surface area contributed by atoms with E-state index in [1.807, 2.05) is 25.7 Å². The summed E-state index contributed by atoms with van der Waals surface area (Å²) in [5, 5.41) is 8.86. The van der Waals surface area contributed by atoms with Crippen molar-refractivity contribution in [1.82, 2.24) is 20.6 Å². The maximum Gasteiger partial charge on any atom is 0.254 e. The highest BCUT2D eigenvalue weighted by molar-refractivity contribution is 5.98. The van der Waals surface area contributed by atoms with E-state index in [2.05, 4.69) is 31.8 Å². The molecule has 1 saturated heterocycles. The van der Waals surface area contributed by atoms with Crippen LogP contribution in [0.3, 0.4) is 0 Å². The SMILES string of the molecule is C#CCC(=O)NC[C@H]1CCN(c2ncc(C(N)=O)c(Nc3ccc(C(=O)NC(C)(C)C)cc3)n2)C1. The second kappa shape index (κ2) is 10.9. The highest BCUT2D eigenvalue weighted by atomic mass is 16.2. The van der Waals surface area contributed by atoms with Crippen LogP contribution in [0.15, 0.2) is 30.5 Å². The quantitative estimate of drug-likeness (QED) is 0.425. The number of primary amides is 1. The van der Waals surface area contributed by atoms with E-state index < -0.39 is 5.91 Å². The lowest BCUT2D eigenvalue weighted by molar-refractivity contribution is -0.120. The van der Waals surface area contributed by atoms with Gasteiger partial charge in [0.05, 0.1) is 6.42 Å². The van der Waals surface area contributed by atoms with Gasteiger partial charge < -0.3 is 26.6 Å². The lowest BCUT2D eigenvalue weighted by Gasteiger charge is -2.20. The molecule has 1 aliphatic heterocycles. The van der Waals surface area contributed by atoms with Crippen molar-refractivity contribution in [2.75, 3.05) is 29.9 Å². The number of carbonyl (C=O) groups is 3. The molecule has 5 N–H and O–H groups in total. The Bertz CT molecular complexity index is 1130. The van der Waals surface area contributed by atoms with Gasteiger partial charge in [0, 0.05) is 42.6 Å². The summed E-state index contributed by atoms with van der Waals surface area (Å²) in [4.78, 5) is 46.8. The number of benzene rings is 1. The highest BCUT2D eigenvalue weighted by Gasteiger charge is 2.26. The number of nitrogens with zero attached hydrogens (tertiary/aromatic N) is 3. The van der Waals surface area contributed by atoms with Gasteiger partial charge in [0.1, 0.15) is 11.4 Å². The zero-order valence-corrected chi connectivity index (χ0v) is 20.2. The first-order valence-electron chi connectivity index (χ1n) is 11.4. The average Bonchev–Trinajstić information content (AvgIpc) is 3.26. The second-order valence-electron chi connectivity index (χ2n) is 9.49. The highest BCUT2D eigenvalue weighted by Crippen LogP contribution is 2.25. The van der Waals surface area contributed by atoms with Gasteiger partial charge in [0.15, 0.2) is 0 Å². The van der Waals surface area contributed by atoms with Crippen molar-refractivity contribution >= 4 is 35.2 Å². The number of hydrogen-bond acceptors (Lipinski definition) is 7. The molecule has 0 spiro atoms. The smallest absolute Gasteiger partial charge is 0.254 e. The fourth-order valence-electron chi connectivity index (χ4n) is 3.65. The molecule has 1 aromatic carbocycles. The van der Waals surface area contributed by atoms with Crippen LogP contribution in [0.2, 0.25) is 0 Å². The number of terminal acetylenes is 1. The molecule has 0 unspecified atom stereocenters. The van der Waals surface area contributed by atoms with Crippen molar-refractivity contribution in [1.29, 1.82) is 0 Å². The largest absolute Gasteiger partial charge is 0.365 e. The van der Waals surface area contributed by atoms with Crippen LogP contribution in [-0.4, -0.2) is 52.9 Å². The van der Waals surface area contributed by atoms with Gasteiger partial charge in [-0.1, -0.05) is 5.92 Å². The van der Waals surface area contributed by atoms with Gasteiger partial charge in [0.25, 0.3) is 11.8 Å². The van der Waals surface area contributed by atoms with Gasteiger partial charge >= 0.3 is 0 Å². The molecular formula is C25H31N7O3. The van der Waals surface area contributed by atoms with E-state index in [4.69, 9.17) is 12.2 Å². The molecule has 0 aliphatic carbocycles. The first-order valence-corrected chi connectivity index (χ1v) is 11.4. The van der Waals surface area contributed by atoms with E-state index in [1.54, 1.807) is 24.3 Å². The minimum Gasteiger partial charge on any atom is -0.365 e. The van der Waals surface area contributed by atoms with Crippen LogP contribution in [0.25, 0.3) is 0 Å². The fraction of sp³-hybridized carbons (Fsp3) is 0.400. The van der Waals surface area contributed by atoms with Crippen LogP contribution in [0.4, 0.5) is 17.5 Å². The fourth-order valence-corrected chi connectivity index (χ4v) is 3.65. The van der Waals surface area contributed by atoms with Crippen LogP contribution in [0, 0.1) is 18.3 Å². The summed E-state index contributed by atoms with van der Waals surface area (Å²) in [6, 6.07) is 6.84. The minimum atomic E-state index is -0.657. The van der Waals surface area contributed by atoms with Gasteiger partial charge in [-0.3, -0.25) is 14.4 Å². The standard InChI is InChI=1S/C25H31N7O3/c1-5-6-20(33)27-13-16-11-12-32(15-16)24-28-14-19(21(26)34)22(30-24)29-18-9-7-17(8-10-18)23(35)31-25(2,3)4/h1,7-10,14,16H,6,11-13,15H2,2-4H3,(H2,26,34)(H,27,33)(H,31,35)(H,28,29,30)/t16-/m1/s1. The molecule has 1 aromatic heterocycles. The molecule has 184 valence electrons. The number of aromatic nitrogens is 2. The van der Waals surface area contributed by atoms with Crippen molar-refractivity contribution in [3.63, 3.8) is 0 Å². The molecule has 0 radical (unpaired) electrons. The molecule has 0 bridgehead atoms. The Balaban J connectivity index is 1.71. The minimum absolute atomic E-state index is 0.0609. The number of anilines is 3. The molecule has 2 heterocycles. The predicted molar refractivity (Wildman–Crippen MR) is 134 cm³/mol. The Labute approximate surface area is 205 Å². The summed E-state index contributed by atoms with van der Waals surface area (Å²) in [5.41, 5.74) is 6.49. The zero-order chi connectivity index (χ0) is 25.6. The molecule has 3 rings (SSSR count). The topological polar surface area (TPSA) is 142 Å². The number of nitrogens with two attached hydrogens (primary N) is 1. The van der Waals surface area contributed by atoms with Crippen molar-refractivity contribution in [3.05, 3.63) is 41.6 Å². The number of rotatable bonds is 8. The van der Waals surface area contributed by atoms with Crippen LogP contribution < -0.4 is 26.6 Å². The molecular weight excluding hydrogens is 446 g/mol. The van der Waals surface area contributed by atoms with Crippen molar-refractivity contribution in [2.24, 2.45) is 11.7 Å². The number of nitrogens with one attached hydrogen (secondary N) is 3. The monoisotopic (exact) mass is 477 g/mol. The lowest BCUT2D eigenvalue weighted by atomic mass is 10.1. The summed E-state index contributed by atoms with van der Waals surface area (Å²) in [6.45, 7) is 7.63. The van der Waals surface area contributed by atoms with Crippen molar-refractivity contribution in [3.8, 4) is 12.3 Å². The summed E-state index contributed by atoms with van der Waals surface area (Å²) in [7, 11) is 0. The van der Waals surface area contributed by atoms with E-state index in [1.165, 1.54) is 6.20 Å². The zero-order valence-electron chi connectivity index (χ0n) is 20.2. The molecule has 3 amide bonds. The first-order chi connectivity index (χ1) is 16.6. The molecule has 10 heteroatoms. The first kappa shape index (κ1) is 25.5. The summed E-state index contributed by atoms with van der Waals surface area (Å²) < 4.78 is 0. The lowest BCUT2D eigenvalue weighted by Crippen LogP contribution is -2.40. The maximum atomic E-state index is 12.4. The van der Waals surface area contributed by atoms with Crippen LogP contribution >= 0.6 is 0 Å². The Morgan fingerprint density at radius 2 is 1.94 bits per heavy atom. The summed E-state index contributed by atoms with van der Waals surface area (Å²) in [6.07, 6.45) is 7.49. The van der Waals surface area contributed by atoms with Crippen LogP contribution in [0.5, 0.6) is 0 Å². The molecule has 0 saturated carbocycles. The van der Waals surface area contributed by atoms with E-state index in [0.29, 0.717) is 36.8 Å². The van der Waals surface area contributed by atoms with Crippen molar-refractivity contribution in [2.45, 2.75) is 39.2 Å². The number of hydrogen-bond donors (Lipinski definition) is 4. The van der Waals surface area contributed by atoms with Gasteiger partial charge in [-0.2, -0.15) is 4.98 Å². The average molecular weight is 478 g/mol. The van der Waals surface area contributed by atoms with Crippen LogP contribution in [0.1, 0.15) is 54.3 Å². The Hall–Kier alpha value is -4.13. The number of carbonyl (C=O) groups excluding carboxylic acids is 3. The van der Waals surface area contributed by atoms with E-state index >= 15 is 0 Å². The molecule has 1 aliphatic rings. The molecule has 10 nitrogen and oxygen atoms in total. The Morgan fingerprint density at radius 1 is 1.23 bits per heavy atom. The molecule has 35 heavy (non-hydrogen) atoms. The van der Waals surface area contributed by atoms with Gasteiger partial charge in [-0.05, 0) is 57.4 Å². The van der Waals surface area contributed by atoms with E-state index in [0.717, 1.165) is 6.42 Å². The molecule has 1 fully saturated rings. The maximum absolute atomic E-state index is 12.4.